The van der Waals surface area contributed by atoms with Gasteiger partial charge >= 0.3 is 0 Å². The third kappa shape index (κ3) is 3.31. The quantitative estimate of drug-likeness (QED) is 0.752. The number of aromatic nitrogens is 2. The Labute approximate surface area is 159 Å². The average molecular weight is 377 g/mol. The minimum absolute atomic E-state index is 0.221. The number of halogens is 2. The Bertz CT molecular complexity index is 1140. The van der Waals surface area contributed by atoms with E-state index in [4.69, 9.17) is 10.5 Å². The summed E-state index contributed by atoms with van der Waals surface area (Å²) in [5, 5.41) is 24.5. The van der Waals surface area contributed by atoms with Crippen molar-refractivity contribution in [1.29, 1.82) is 10.5 Å². The molecule has 0 fully saturated rings. The highest BCUT2D eigenvalue weighted by Crippen LogP contribution is 2.25. The fourth-order valence-electron chi connectivity index (χ4n) is 2.64. The molecule has 0 saturated heterocycles. The molecule has 1 heterocycles. The van der Waals surface area contributed by atoms with Crippen LogP contribution in [0.25, 0.3) is 5.69 Å². The number of aryl methyl sites for hydroxylation is 1. The van der Waals surface area contributed by atoms with Crippen LogP contribution in [0, 0.1) is 48.1 Å². The van der Waals surface area contributed by atoms with Crippen molar-refractivity contribution in [3.8, 4) is 17.8 Å². The van der Waals surface area contributed by atoms with Crippen LogP contribution in [0.1, 0.15) is 32.7 Å². The molecule has 0 bridgehead atoms. The summed E-state index contributed by atoms with van der Waals surface area (Å²) < 4.78 is 29.7. The van der Waals surface area contributed by atoms with Gasteiger partial charge in [0.15, 0.2) is 0 Å². The second-order valence-corrected chi connectivity index (χ2v) is 6.01. The average Bonchev–Trinajstić information content (AvgIpc) is 2.95. The van der Waals surface area contributed by atoms with Gasteiger partial charge in [-0.2, -0.15) is 15.6 Å². The molecule has 0 atom stereocenters. The molecular weight excluding hydrogens is 364 g/mol. The van der Waals surface area contributed by atoms with E-state index < -0.39 is 23.1 Å². The molecule has 1 N–H and O–H groups in total. The van der Waals surface area contributed by atoms with E-state index in [1.54, 1.807) is 44.2 Å². The molecule has 138 valence electrons. The fraction of sp³-hybridized carbons (Fsp3) is 0.100. The Morgan fingerprint density at radius 1 is 1.04 bits per heavy atom. The molecule has 0 aliphatic rings. The lowest BCUT2D eigenvalue weighted by Crippen LogP contribution is -2.19. The molecule has 3 rings (SSSR count). The van der Waals surface area contributed by atoms with Crippen molar-refractivity contribution < 1.29 is 13.6 Å². The van der Waals surface area contributed by atoms with E-state index in [-0.39, 0.29) is 11.4 Å². The molecule has 28 heavy (non-hydrogen) atoms. The zero-order chi connectivity index (χ0) is 20.4. The number of hydrogen-bond acceptors (Lipinski definition) is 4. The van der Waals surface area contributed by atoms with Crippen LogP contribution < -0.4 is 5.32 Å². The zero-order valence-electron chi connectivity index (χ0n) is 14.9. The lowest BCUT2D eigenvalue weighted by Gasteiger charge is -2.11. The molecule has 0 radical (unpaired) electrons. The normalized spacial score (nSPS) is 10.2. The second kappa shape index (κ2) is 7.29. The van der Waals surface area contributed by atoms with E-state index in [2.05, 4.69) is 10.4 Å². The van der Waals surface area contributed by atoms with Crippen LogP contribution >= 0.6 is 0 Å². The molecule has 0 aliphatic heterocycles. The van der Waals surface area contributed by atoms with Crippen LogP contribution in [0.2, 0.25) is 0 Å². The Morgan fingerprint density at radius 3 is 2.14 bits per heavy atom. The van der Waals surface area contributed by atoms with Crippen molar-refractivity contribution in [2.75, 3.05) is 5.32 Å². The van der Waals surface area contributed by atoms with E-state index in [9.17, 15) is 13.6 Å². The molecule has 1 aromatic heterocycles. The van der Waals surface area contributed by atoms with Gasteiger partial charge in [0, 0.05) is 5.56 Å². The van der Waals surface area contributed by atoms with Crippen LogP contribution in [0.15, 0.2) is 36.4 Å². The third-order valence-corrected chi connectivity index (χ3v) is 4.23. The number of nitrogens with zero attached hydrogens (tertiary/aromatic N) is 4. The minimum atomic E-state index is -1.13. The summed E-state index contributed by atoms with van der Waals surface area (Å²) in [4.78, 5) is 12.5. The van der Waals surface area contributed by atoms with Crippen LogP contribution in [0.5, 0.6) is 0 Å². The summed E-state index contributed by atoms with van der Waals surface area (Å²) in [5.41, 5.74) is 1.24. The van der Waals surface area contributed by atoms with Crippen LogP contribution in [0.4, 0.5) is 14.6 Å². The van der Waals surface area contributed by atoms with Gasteiger partial charge in [-0.3, -0.25) is 4.79 Å². The van der Waals surface area contributed by atoms with Crippen LogP contribution in [-0.4, -0.2) is 15.7 Å². The molecular formula is C20H13F2N5O. The first-order valence-electron chi connectivity index (χ1n) is 8.13. The minimum Gasteiger partial charge on any atom is -0.306 e. The number of carbonyl (C=O) groups is 1. The number of amides is 1. The second-order valence-electron chi connectivity index (χ2n) is 6.01. The molecule has 0 saturated carbocycles. The highest BCUT2D eigenvalue weighted by Gasteiger charge is 2.22. The number of nitrogens with one attached hydrogen (secondary N) is 1. The largest absolute Gasteiger partial charge is 0.306 e. The molecule has 0 unspecified atom stereocenters. The number of carbonyl (C=O) groups excluding carboxylic acids is 1. The highest BCUT2D eigenvalue weighted by molar-refractivity contribution is 6.04. The third-order valence-electron chi connectivity index (χ3n) is 4.23. The first kappa shape index (κ1) is 18.7. The van der Waals surface area contributed by atoms with Crippen molar-refractivity contribution in [2.45, 2.75) is 13.8 Å². The predicted octanol–water partition coefficient (Wildman–Crippen LogP) is 3.76. The van der Waals surface area contributed by atoms with E-state index in [1.165, 1.54) is 4.68 Å². The molecule has 2 aromatic carbocycles. The zero-order valence-corrected chi connectivity index (χ0v) is 14.9. The van der Waals surface area contributed by atoms with Gasteiger partial charge in [0.1, 0.15) is 23.0 Å². The van der Waals surface area contributed by atoms with Gasteiger partial charge in [-0.25, -0.2) is 13.5 Å². The molecule has 8 heteroatoms. The van der Waals surface area contributed by atoms with Gasteiger partial charge in [0.2, 0.25) is 0 Å². The van der Waals surface area contributed by atoms with Gasteiger partial charge in [-0.15, -0.1) is 0 Å². The van der Waals surface area contributed by atoms with Gasteiger partial charge in [0.25, 0.3) is 5.91 Å². The van der Waals surface area contributed by atoms with E-state index >= 15 is 0 Å². The van der Waals surface area contributed by atoms with Gasteiger partial charge < -0.3 is 5.32 Å². The monoisotopic (exact) mass is 377 g/mol. The Morgan fingerprint density at radius 2 is 1.61 bits per heavy atom. The number of benzene rings is 2. The van der Waals surface area contributed by atoms with Crippen molar-refractivity contribution in [3.63, 3.8) is 0 Å². The van der Waals surface area contributed by atoms with Crippen molar-refractivity contribution in [1.82, 2.24) is 9.78 Å². The maximum absolute atomic E-state index is 14.2. The van der Waals surface area contributed by atoms with Crippen LogP contribution in [0.3, 0.4) is 0 Å². The van der Waals surface area contributed by atoms with E-state index in [0.717, 1.165) is 12.1 Å². The maximum atomic E-state index is 14.2. The van der Waals surface area contributed by atoms with Crippen molar-refractivity contribution in [3.05, 3.63) is 76.0 Å². The number of anilines is 1. The number of nitriles is 2. The van der Waals surface area contributed by atoms with Gasteiger partial charge in [-0.1, -0.05) is 0 Å². The molecule has 0 aliphatic carbocycles. The lowest BCUT2D eigenvalue weighted by molar-refractivity contribution is 0.101. The van der Waals surface area contributed by atoms with Crippen molar-refractivity contribution in [2.24, 2.45) is 0 Å². The topological polar surface area (TPSA) is 94.5 Å². The van der Waals surface area contributed by atoms with E-state index in [0.29, 0.717) is 22.5 Å². The Kier molecular flexibility index (Phi) is 4.88. The summed E-state index contributed by atoms with van der Waals surface area (Å²) in [7, 11) is 0. The van der Waals surface area contributed by atoms with E-state index in [1.807, 2.05) is 6.07 Å². The molecule has 6 nitrogen and oxygen atoms in total. The summed E-state index contributed by atoms with van der Waals surface area (Å²) in [6.07, 6.45) is 0. The Hall–Kier alpha value is -4.04. The number of rotatable bonds is 3. The summed E-state index contributed by atoms with van der Waals surface area (Å²) >= 11 is 0. The molecule has 1 amide bonds. The standard InChI is InChI=1S/C20H13F2N5O/c1-11-12(2)26-27(15-5-3-13(9-23)4-6-15)19(11)25-20(28)18-16(21)7-14(10-24)8-17(18)22/h3-8H,1-2H3,(H,25,28). The Balaban J connectivity index is 2.02. The maximum Gasteiger partial charge on any atom is 0.262 e. The molecule has 0 spiro atoms. The predicted molar refractivity (Wildman–Crippen MR) is 96.8 cm³/mol. The fourth-order valence-corrected chi connectivity index (χ4v) is 2.64. The first-order chi connectivity index (χ1) is 13.3. The SMILES string of the molecule is Cc1nn(-c2ccc(C#N)cc2)c(NC(=O)c2c(F)cc(C#N)cc2F)c1C. The van der Waals surface area contributed by atoms with Crippen LogP contribution in [-0.2, 0) is 0 Å². The lowest BCUT2D eigenvalue weighted by atomic mass is 10.1. The highest BCUT2D eigenvalue weighted by atomic mass is 19.1. The van der Waals surface area contributed by atoms with Gasteiger partial charge in [0.05, 0.1) is 34.6 Å². The smallest absolute Gasteiger partial charge is 0.262 e. The van der Waals surface area contributed by atoms with Gasteiger partial charge in [-0.05, 0) is 50.2 Å². The summed E-state index contributed by atoms with van der Waals surface area (Å²) in [6.45, 7) is 3.44. The van der Waals surface area contributed by atoms with Crippen molar-refractivity contribution >= 4 is 11.7 Å². The summed E-state index contributed by atoms with van der Waals surface area (Å²) in [6, 6.07) is 11.7. The number of hydrogen-bond donors (Lipinski definition) is 1. The summed E-state index contributed by atoms with van der Waals surface area (Å²) in [5.74, 6) is -3.02. The first-order valence-corrected chi connectivity index (χ1v) is 8.13. The molecule has 3 aromatic rings.